The van der Waals surface area contributed by atoms with Gasteiger partial charge in [-0.25, -0.2) is 0 Å². The minimum absolute atomic E-state index is 0.0214. The third-order valence-electron chi connectivity index (χ3n) is 3.02. The average Bonchev–Trinajstić information content (AvgIpc) is 2.75. The van der Waals surface area contributed by atoms with Crippen LogP contribution in [-0.2, 0) is 11.8 Å². The number of carbonyl (C=O) groups excluding carboxylic acids is 1. The Kier molecular flexibility index (Phi) is 3.24. The Bertz CT molecular complexity index is 369. The molecule has 1 aliphatic rings. The van der Waals surface area contributed by atoms with Crippen LogP contribution in [0.2, 0.25) is 0 Å². The number of hydrogen-bond acceptors (Lipinski definition) is 3. The summed E-state index contributed by atoms with van der Waals surface area (Å²) >= 11 is 0. The minimum Gasteiger partial charge on any atom is -0.381 e. The fourth-order valence-electron chi connectivity index (χ4n) is 1.93. The van der Waals surface area contributed by atoms with Crippen LogP contribution in [0.1, 0.15) is 23.3 Å². The predicted molar refractivity (Wildman–Crippen MR) is 58.0 cm³/mol. The molecule has 1 aromatic rings. The van der Waals surface area contributed by atoms with Crippen LogP contribution in [0, 0.1) is 6.07 Å². The van der Waals surface area contributed by atoms with Crippen molar-refractivity contribution in [2.75, 3.05) is 20.3 Å². The van der Waals surface area contributed by atoms with Gasteiger partial charge in [0, 0.05) is 39.4 Å². The zero-order valence-corrected chi connectivity index (χ0v) is 9.64. The number of amides is 1. The van der Waals surface area contributed by atoms with Crippen LogP contribution < -0.4 is 0 Å². The fourth-order valence-corrected chi connectivity index (χ4v) is 1.93. The van der Waals surface area contributed by atoms with E-state index in [9.17, 15) is 4.79 Å². The largest absolute Gasteiger partial charge is 0.381 e. The van der Waals surface area contributed by atoms with Gasteiger partial charge in [-0.05, 0) is 12.8 Å². The van der Waals surface area contributed by atoms with E-state index in [1.165, 1.54) is 6.20 Å². The first-order valence-electron chi connectivity index (χ1n) is 5.44. The van der Waals surface area contributed by atoms with E-state index in [0.717, 1.165) is 26.1 Å². The molecule has 1 aliphatic heterocycles. The molecule has 0 atom stereocenters. The quantitative estimate of drug-likeness (QED) is 0.731. The normalized spacial score (nSPS) is 17.4. The molecular formula is C11H16N3O2. The second-order valence-corrected chi connectivity index (χ2v) is 4.02. The van der Waals surface area contributed by atoms with Gasteiger partial charge in [-0.3, -0.25) is 9.48 Å². The Morgan fingerprint density at radius 3 is 2.88 bits per heavy atom. The molecule has 1 aromatic heterocycles. The smallest absolute Gasteiger partial charge is 0.272 e. The van der Waals surface area contributed by atoms with Gasteiger partial charge in [0.25, 0.3) is 5.91 Å². The molecule has 0 spiro atoms. The summed E-state index contributed by atoms with van der Waals surface area (Å²) in [5, 5.41) is 3.95. The molecule has 0 aliphatic carbocycles. The summed E-state index contributed by atoms with van der Waals surface area (Å²) in [4.78, 5) is 13.9. The van der Waals surface area contributed by atoms with Crippen molar-refractivity contribution >= 4 is 5.91 Å². The van der Waals surface area contributed by atoms with Crippen LogP contribution in [0.15, 0.2) is 6.20 Å². The molecule has 5 heteroatoms. The highest BCUT2D eigenvalue weighted by atomic mass is 16.5. The zero-order chi connectivity index (χ0) is 11.5. The molecule has 0 unspecified atom stereocenters. The van der Waals surface area contributed by atoms with Crippen molar-refractivity contribution < 1.29 is 9.53 Å². The number of carbonyl (C=O) groups is 1. The Hall–Kier alpha value is -1.36. The maximum atomic E-state index is 12.1. The van der Waals surface area contributed by atoms with Crippen molar-refractivity contribution in [3.05, 3.63) is 18.0 Å². The van der Waals surface area contributed by atoms with E-state index < -0.39 is 0 Å². The first-order chi connectivity index (χ1) is 7.70. The van der Waals surface area contributed by atoms with E-state index in [1.807, 2.05) is 7.05 Å². The van der Waals surface area contributed by atoms with Gasteiger partial charge in [0.2, 0.25) is 0 Å². The molecule has 0 saturated carbocycles. The summed E-state index contributed by atoms with van der Waals surface area (Å²) in [6.45, 7) is 1.47. The Morgan fingerprint density at radius 1 is 1.62 bits per heavy atom. The Morgan fingerprint density at radius 2 is 2.31 bits per heavy atom. The molecule has 2 rings (SSSR count). The van der Waals surface area contributed by atoms with Crippen LogP contribution in [0.25, 0.3) is 0 Å². The van der Waals surface area contributed by atoms with Crippen molar-refractivity contribution in [2.45, 2.75) is 18.9 Å². The number of aryl methyl sites for hydroxylation is 1. The van der Waals surface area contributed by atoms with Crippen LogP contribution in [0.4, 0.5) is 0 Å². The lowest BCUT2D eigenvalue weighted by molar-refractivity contribution is 0.0356. The van der Waals surface area contributed by atoms with Gasteiger partial charge in [-0.1, -0.05) is 0 Å². The van der Waals surface area contributed by atoms with Gasteiger partial charge < -0.3 is 9.64 Å². The maximum Gasteiger partial charge on any atom is 0.272 e. The fraction of sp³-hybridized carbons (Fsp3) is 0.636. The summed E-state index contributed by atoms with van der Waals surface area (Å²) in [5.41, 5.74) is 0.508. The minimum atomic E-state index is -0.0214. The van der Waals surface area contributed by atoms with E-state index in [0.29, 0.717) is 5.69 Å². The summed E-state index contributed by atoms with van der Waals surface area (Å²) in [7, 11) is 3.58. The first-order valence-corrected chi connectivity index (χ1v) is 5.44. The Labute approximate surface area is 95.0 Å². The highest BCUT2D eigenvalue weighted by molar-refractivity contribution is 5.92. The third-order valence-corrected chi connectivity index (χ3v) is 3.02. The molecule has 1 fully saturated rings. The number of rotatable bonds is 2. The van der Waals surface area contributed by atoms with Crippen molar-refractivity contribution in [3.8, 4) is 0 Å². The maximum absolute atomic E-state index is 12.1. The standard InChI is InChI=1S/C11H16N3O2/c1-13(9-4-7-16-8-5-9)11(15)10-3-6-12-14(10)2/h6,9H,4-5,7-8H2,1-2H3. The van der Waals surface area contributed by atoms with Gasteiger partial charge in [0.1, 0.15) is 5.69 Å². The summed E-state index contributed by atoms with van der Waals surface area (Å²) in [6.07, 6.45) is 3.32. The molecule has 1 saturated heterocycles. The van der Waals surface area contributed by atoms with E-state index in [-0.39, 0.29) is 11.9 Å². The predicted octanol–water partition coefficient (Wildman–Crippen LogP) is 0.471. The molecule has 87 valence electrons. The zero-order valence-electron chi connectivity index (χ0n) is 9.64. The summed E-state index contributed by atoms with van der Waals surface area (Å²) < 4.78 is 6.83. The number of nitrogens with zero attached hydrogens (tertiary/aromatic N) is 3. The van der Waals surface area contributed by atoms with Gasteiger partial charge in [-0.2, -0.15) is 5.10 Å². The van der Waals surface area contributed by atoms with Crippen LogP contribution in [0.5, 0.6) is 0 Å². The van der Waals surface area contributed by atoms with Crippen molar-refractivity contribution in [2.24, 2.45) is 7.05 Å². The second-order valence-electron chi connectivity index (χ2n) is 4.02. The summed E-state index contributed by atoms with van der Waals surface area (Å²) in [6, 6.07) is 3.12. The summed E-state index contributed by atoms with van der Waals surface area (Å²) in [5.74, 6) is -0.0214. The number of hydrogen-bond donors (Lipinski definition) is 0. The van der Waals surface area contributed by atoms with Gasteiger partial charge in [0.15, 0.2) is 0 Å². The van der Waals surface area contributed by atoms with Crippen LogP contribution in [0.3, 0.4) is 0 Å². The molecule has 0 aromatic carbocycles. The molecule has 16 heavy (non-hydrogen) atoms. The lowest BCUT2D eigenvalue weighted by Gasteiger charge is -2.31. The second kappa shape index (κ2) is 4.65. The van der Waals surface area contributed by atoms with Crippen LogP contribution >= 0.6 is 0 Å². The lowest BCUT2D eigenvalue weighted by atomic mass is 10.1. The molecule has 2 heterocycles. The lowest BCUT2D eigenvalue weighted by Crippen LogP contribution is -2.41. The molecule has 5 nitrogen and oxygen atoms in total. The van der Waals surface area contributed by atoms with E-state index in [1.54, 1.807) is 16.6 Å². The monoisotopic (exact) mass is 222 g/mol. The molecule has 1 radical (unpaired) electrons. The molecule has 0 N–H and O–H groups in total. The molecular weight excluding hydrogens is 206 g/mol. The first kappa shape index (κ1) is 11.1. The van der Waals surface area contributed by atoms with E-state index in [4.69, 9.17) is 4.74 Å². The van der Waals surface area contributed by atoms with Gasteiger partial charge in [-0.15, -0.1) is 0 Å². The average molecular weight is 222 g/mol. The van der Waals surface area contributed by atoms with Crippen molar-refractivity contribution in [3.63, 3.8) is 0 Å². The van der Waals surface area contributed by atoms with Crippen molar-refractivity contribution in [1.29, 1.82) is 0 Å². The Balaban J connectivity index is 2.06. The van der Waals surface area contributed by atoms with Crippen molar-refractivity contribution in [1.82, 2.24) is 14.7 Å². The molecule has 0 bridgehead atoms. The van der Waals surface area contributed by atoms with E-state index >= 15 is 0 Å². The third kappa shape index (κ3) is 2.09. The van der Waals surface area contributed by atoms with Gasteiger partial charge >= 0.3 is 0 Å². The SMILES string of the molecule is CN(C(=O)c1[c]cnn1C)C1CCOCC1. The van der Waals surface area contributed by atoms with E-state index in [2.05, 4.69) is 11.2 Å². The highest BCUT2D eigenvalue weighted by Gasteiger charge is 2.24. The number of ether oxygens (including phenoxy) is 1. The topological polar surface area (TPSA) is 47.4 Å². The highest BCUT2D eigenvalue weighted by Crippen LogP contribution is 2.15. The van der Waals surface area contributed by atoms with Crippen LogP contribution in [-0.4, -0.2) is 46.9 Å². The number of aromatic nitrogens is 2. The van der Waals surface area contributed by atoms with Gasteiger partial charge in [0.05, 0.1) is 6.20 Å². The molecule has 1 amide bonds.